The van der Waals surface area contributed by atoms with E-state index in [1.54, 1.807) is 42.5 Å². The molecule has 0 atom stereocenters. The summed E-state index contributed by atoms with van der Waals surface area (Å²) in [6.45, 7) is 0. The molecule has 0 radical (unpaired) electrons. The highest BCUT2D eigenvalue weighted by Gasteiger charge is 2.12. The van der Waals surface area contributed by atoms with E-state index in [4.69, 9.17) is 4.74 Å². The number of benzene rings is 2. The Kier molecular flexibility index (Phi) is 5.19. The first kappa shape index (κ1) is 17.1. The number of aromatic nitrogens is 2. The molecule has 1 aromatic heterocycles. The molecule has 2 aromatic carbocycles. The Hall–Kier alpha value is -3.74. The zero-order valence-electron chi connectivity index (χ0n) is 14.0. The van der Waals surface area contributed by atoms with Gasteiger partial charge in [-0.25, -0.2) is 4.98 Å². The van der Waals surface area contributed by atoms with Crippen LogP contribution in [0.15, 0.2) is 67.1 Å². The van der Waals surface area contributed by atoms with Crippen molar-refractivity contribution in [3.63, 3.8) is 0 Å². The summed E-state index contributed by atoms with van der Waals surface area (Å²) < 4.78 is 5.28. The summed E-state index contributed by atoms with van der Waals surface area (Å²) in [5.41, 5.74) is 1.64. The third kappa shape index (κ3) is 4.02. The van der Waals surface area contributed by atoms with Crippen LogP contribution >= 0.6 is 0 Å². The van der Waals surface area contributed by atoms with Crippen LogP contribution < -0.4 is 15.4 Å². The van der Waals surface area contributed by atoms with Gasteiger partial charge in [-0.2, -0.15) is 0 Å². The van der Waals surface area contributed by atoms with E-state index in [2.05, 4.69) is 20.6 Å². The van der Waals surface area contributed by atoms with Crippen molar-refractivity contribution in [2.45, 2.75) is 0 Å². The average Bonchev–Trinajstić information content (AvgIpc) is 2.69. The highest BCUT2D eigenvalue weighted by atomic mass is 16.5. The Bertz CT molecular complexity index is 915. The predicted octanol–water partition coefficient (Wildman–Crippen LogP) is 2.99. The van der Waals surface area contributed by atoms with E-state index >= 15 is 0 Å². The topological polar surface area (TPSA) is 93.2 Å². The van der Waals surface area contributed by atoms with Gasteiger partial charge in [0.1, 0.15) is 11.4 Å². The number of nitrogens with one attached hydrogen (secondary N) is 2. The molecule has 0 spiro atoms. The minimum Gasteiger partial charge on any atom is -0.495 e. The van der Waals surface area contributed by atoms with Gasteiger partial charge in [0.05, 0.1) is 19.0 Å². The maximum absolute atomic E-state index is 12.4. The van der Waals surface area contributed by atoms with Crippen molar-refractivity contribution in [3.8, 4) is 5.75 Å². The molecular weight excluding hydrogens is 332 g/mol. The predicted molar refractivity (Wildman–Crippen MR) is 97.4 cm³/mol. The molecule has 0 bridgehead atoms. The number of methoxy groups -OCH3 is 1. The van der Waals surface area contributed by atoms with Gasteiger partial charge in [0.15, 0.2) is 0 Å². The summed E-state index contributed by atoms with van der Waals surface area (Å²) in [5, 5.41) is 5.50. The van der Waals surface area contributed by atoms with Crippen molar-refractivity contribution in [2.24, 2.45) is 0 Å². The first-order valence-corrected chi connectivity index (χ1v) is 7.79. The number of hydrogen-bond acceptors (Lipinski definition) is 5. The maximum atomic E-state index is 12.4. The lowest BCUT2D eigenvalue weighted by molar-refractivity contribution is 0.101. The molecule has 2 amide bonds. The lowest BCUT2D eigenvalue weighted by Crippen LogP contribution is -2.15. The van der Waals surface area contributed by atoms with Crippen molar-refractivity contribution in [2.75, 3.05) is 17.7 Å². The zero-order valence-corrected chi connectivity index (χ0v) is 14.0. The van der Waals surface area contributed by atoms with Gasteiger partial charge in [0, 0.05) is 23.6 Å². The molecule has 1 heterocycles. The summed E-state index contributed by atoms with van der Waals surface area (Å²) >= 11 is 0. The van der Waals surface area contributed by atoms with Gasteiger partial charge in [-0.15, -0.1) is 0 Å². The van der Waals surface area contributed by atoms with Gasteiger partial charge in [-0.3, -0.25) is 14.6 Å². The van der Waals surface area contributed by atoms with Crippen LogP contribution in [0.5, 0.6) is 5.75 Å². The second-order valence-corrected chi connectivity index (χ2v) is 5.28. The lowest BCUT2D eigenvalue weighted by Gasteiger charge is -2.13. The Morgan fingerprint density at radius 3 is 2.46 bits per heavy atom. The highest BCUT2D eigenvalue weighted by Crippen LogP contribution is 2.28. The van der Waals surface area contributed by atoms with E-state index in [1.807, 2.05) is 6.07 Å². The quantitative estimate of drug-likeness (QED) is 0.739. The number of anilines is 2. The standard InChI is InChI=1S/C19H16N4O3/c1-26-17-8-7-14(22-19(25)16-12-20-9-10-21-16)11-15(17)23-18(24)13-5-3-2-4-6-13/h2-12H,1H3,(H,22,25)(H,23,24). The number of hydrogen-bond donors (Lipinski definition) is 2. The van der Waals surface area contributed by atoms with Crippen LogP contribution in [0, 0.1) is 0 Å². The molecule has 0 unspecified atom stereocenters. The normalized spacial score (nSPS) is 10.0. The van der Waals surface area contributed by atoms with Crippen LogP contribution in [0.3, 0.4) is 0 Å². The average molecular weight is 348 g/mol. The molecular formula is C19H16N4O3. The zero-order chi connectivity index (χ0) is 18.4. The molecule has 0 aliphatic carbocycles. The van der Waals surface area contributed by atoms with Crippen LogP contribution in [0.1, 0.15) is 20.8 Å². The van der Waals surface area contributed by atoms with Crippen LogP contribution in [0.2, 0.25) is 0 Å². The van der Waals surface area contributed by atoms with E-state index in [1.165, 1.54) is 25.7 Å². The van der Waals surface area contributed by atoms with Crippen molar-refractivity contribution in [1.29, 1.82) is 0 Å². The monoisotopic (exact) mass is 348 g/mol. The highest BCUT2D eigenvalue weighted by molar-refractivity contribution is 6.06. The SMILES string of the molecule is COc1ccc(NC(=O)c2cnccn2)cc1NC(=O)c1ccccc1. The molecule has 7 heteroatoms. The Labute approximate surface area is 150 Å². The fraction of sp³-hybridized carbons (Fsp3) is 0.0526. The van der Waals surface area contributed by atoms with E-state index < -0.39 is 5.91 Å². The van der Waals surface area contributed by atoms with Gasteiger partial charge >= 0.3 is 0 Å². The number of carbonyl (C=O) groups is 2. The first-order chi connectivity index (χ1) is 12.7. The van der Waals surface area contributed by atoms with Gasteiger partial charge in [-0.1, -0.05) is 18.2 Å². The molecule has 2 N–H and O–H groups in total. The molecule has 0 saturated carbocycles. The maximum Gasteiger partial charge on any atom is 0.275 e. The molecule has 0 aliphatic rings. The van der Waals surface area contributed by atoms with Crippen molar-refractivity contribution >= 4 is 23.2 Å². The molecule has 3 aromatic rings. The van der Waals surface area contributed by atoms with Crippen LogP contribution in [-0.4, -0.2) is 28.9 Å². The minimum absolute atomic E-state index is 0.193. The third-order valence-electron chi connectivity index (χ3n) is 3.54. The van der Waals surface area contributed by atoms with E-state index in [9.17, 15) is 9.59 Å². The lowest BCUT2D eigenvalue weighted by atomic mass is 10.2. The Balaban J connectivity index is 1.80. The molecule has 0 aliphatic heterocycles. The molecule has 3 rings (SSSR count). The number of nitrogens with zero attached hydrogens (tertiary/aromatic N) is 2. The summed E-state index contributed by atoms with van der Waals surface area (Å²) in [6.07, 6.45) is 4.30. The van der Waals surface area contributed by atoms with E-state index in [0.29, 0.717) is 22.7 Å². The molecule has 7 nitrogen and oxygen atoms in total. The molecule has 26 heavy (non-hydrogen) atoms. The van der Waals surface area contributed by atoms with E-state index in [0.717, 1.165) is 0 Å². The summed E-state index contributed by atoms with van der Waals surface area (Å²) in [6, 6.07) is 13.8. The van der Waals surface area contributed by atoms with Crippen molar-refractivity contribution < 1.29 is 14.3 Å². The number of rotatable bonds is 5. The van der Waals surface area contributed by atoms with Crippen molar-refractivity contribution in [1.82, 2.24) is 9.97 Å². The molecule has 0 fully saturated rings. The first-order valence-electron chi connectivity index (χ1n) is 7.79. The van der Waals surface area contributed by atoms with Crippen LogP contribution in [0.25, 0.3) is 0 Å². The van der Waals surface area contributed by atoms with Gasteiger partial charge in [0.25, 0.3) is 11.8 Å². The molecule has 130 valence electrons. The van der Waals surface area contributed by atoms with Crippen LogP contribution in [-0.2, 0) is 0 Å². The van der Waals surface area contributed by atoms with Gasteiger partial charge in [-0.05, 0) is 30.3 Å². The molecule has 0 saturated heterocycles. The smallest absolute Gasteiger partial charge is 0.275 e. The van der Waals surface area contributed by atoms with Crippen LogP contribution in [0.4, 0.5) is 11.4 Å². The number of carbonyl (C=O) groups excluding carboxylic acids is 2. The second-order valence-electron chi connectivity index (χ2n) is 5.28. The van der Waals surface area contributed by atoms with Crippen molar-refractivity contribution in [3.05, 3.63) is 78.4 Å². The fourth-order valence-corrected chi connectivity index (χ4v) is 2.28. The third-order valence-corrected chi connectivity index (χ3v) is 3.54. The number of ether oxygens (including phenoxy) is 1. The van der Waals surface area contributed by atoms with E-state index in [-0.39, 0.29) is 11.6 Å². The minimum atomic E-state index is -0.399. The number of amides is 2. The Morgan fingerprint density at radius 1 is 0.962 bits per heavy atom. The Morgan fingerprint density at radius 2 is 1.77 bits per heavy atom. The second kappa shape index (κ2) is 7.89. The summed E-state index contributed by atoms with van der Waals surface area (Å²) in [7, 11) is 1.51. The summed E-state index contributed by atoms with van der Waals surface area (Å²) in [5.74, 6) is -0.198. The summed E-state index contributed by atoms with van der Waals surface area (Å²) in [4.78, 5) is 32.4. The largest absolute Gasteiger partial charge is 0.495 e. The van der Waals surface area contributed by atoms with Gasteiger partial charge in [0.2, 0.25) is 0 Å². The van der Waals surface area contributed by atoms with Gasteiger partial charge < -0.3 is 15.4 Å². The fourth-order valence-electron chi connectivity index (χ4n) is 2.28.